The summed E-state index contributed by atoms with van der Waals surface area (Å²) in [6.07, 6.45) is 0. The third kappa shape index (κ3) is 2.65. The SMILES string of the molecule is COc1cc(O)cc(-c2ccc(Cl)cc2Cl)c1. The number of rotatable bonds is 2. The van der Waals surface area contributed by atoms with Crippen LogP contribution < -0.4 is 4.74 Å². The molecule has 0 aliphatic carbocycles. The lowest BCUT2D eigenvalue weighted by molar-refractivity contribution is 0.408. The first kappa shape index (κ1) is 12.1. The first-order valence-electron chi connectivity index (χ1n) is 4.93. The average Bonchev–Trinajstić information content (AvgIpc) is 2.28. The van der Waals surface area contributed by atoms with Gasteiger partial charge in [-0.1, -0.05) is 29.3 Å². The van der Waals surface area contributed by atoms with E-state index >= 15 is 0 Å². The molecule has 1 N–H and O–H groups in total. The topological polar surface area (TPSA) is 29.5 Å². The Balaban J connectivity index is 2.55. The lowest BCUT2D eigenvalue weighted by Gasteiger charge is -2.08. The molecule has 0 aliphatic heterocycles. The van der Waals surface area contributed by atoms with Crippen LogP contribution in [-0.4, -0.2) is 12.2 Å². The van der Waals surface area contributed by atoms with E-state index in [2.05, 4.69) is 0 Å². The van der Waals surface area contributed by atoms with Crippen LogP contribution in [0.3, 0.4) is 0 Å². The molecular weight excluding hydrogens is 259 g/mol. The van der Waals surface area contributed by atoms with E-state index in [9.17, 15) is 5.11 Å². The Hall–Kier alpha value is -1.38. The summed E-state index contributed by atoms with van der Waals surface area (Å²) in [4.78, 5) is 0. The molecule has 0 saturated heterocycles. The summed E-state index contributed by atoms with van der Waals surface area (Å²) in [5, 5.41) is 10.7. The summed E-state index contributed by atoms with van der Waals surface area (Å²) >= 11 is 11.9. The van der Waals surface area contributed by atoms with E-state index in [0.717, 1.165) is 11.1 Å². The maximum Gasteiger partial charge on any atom is 0.123 e. The minimum absolute atomic E-state index is 0.130. The molecule has 2 rings (SSSR count). The van der Waals surface area contributed by atoms with Gasteiger partial charge in [0.2, 0.25) is 0 Å². The lowest BCUT2D eigenvalue weighted by atomic mass is 10.1. The van der Waals surface area contributed by atoms with Crippen LogP contribution in [-0.2, 0) is 0 Å². The summed E-state index contributed by atoms with van der Waals surface area (Å²) < 4.78 is 5.09. The molecule has 17 heavy (non-hydrogen) atoms. The average molecular weight is 269 g/mol. The fraction of sp³-hybridized carbons (Fsp3) is 0.0769. The highest BCUT2D eigenvalue weighted by molar-refractivity contribution is 6.36. The Kier molecular flexibility index (Phi) is 3.46. The number of halogens is 2. The number of benzene rings is 2. The predicted octanol–water partition coefficient (Wildman–Crippen LogP) is 4.37. The highest BCUT2D eigenvalue weighted by Crippen LogP contribution is 2.34. The van der Waals surface area contributed by atoms with Gasteiger partial charge in [0.05, 0.1) is 7.11 Å². The summed E-state index contributed by atoms with van der Waals surface area (Å²) in [5.41, 5.74) is 1.58. The number of hydrogen-bond donors (Lipinski definition) is 1. The van der Waals surface area contributed by atoms with Crippen molar-refractivity contribution in [1.29, 1.82) is 0 Å². The van der Waals surface area contributed by atoms with Crippen molar-refractivity contribution < 1.29 is 9.84 Å². The van der Waals surface area contributed by atoms with Crippen LogP contribution in [0.15, 0.2) is 36.4 Å². The largest absolute Gasteiger partial charge is 0.508 e. The van der Waals surface area contributed by atoms with E-state index in [1.807, 2.05) is 0 Å². The number of hydrogen-bond acceptors (Lipinski definition) is 2. The van der Waals surface area contributed by atoms with Gasteiger partial charge in [-0.15, -0.1) is 0 Å². The Morgan fingerprint density at radius 3 is 2.47 bits per heavy atom. The number of aromatic hydroxyl groups is 1. The van der Waals surface area contributed by atoms with Crippen molar-refractivity contribution in [3.05, 3.63) is 46.4 Å². The van der Waals surface area contributed by atoms with Gasteiger partial charge in [0.1, 0.15) is 11.5 Å². The summed E-state index contributed by atoms with van der Waals surface area (Å²) in [6.45, 7) is 0. The molecule has 2 nitrogen and oxygen atoms in total. The van der Waals surface area contributed by atoms with Gasteiger partial charge in [0, 0.05) is 21.7 Å². The van der Waals surface area contributed by atoms with E-state index in [1.165, 1.54) is 6.07 Å². The second kappa shape index (κ2) is 4.86. The third-order valence-electron chi connectivity index (χ3n) is 2.37. The Morgan fingerprint density at radius 1 is 1.06 bits per heavy atom. The van der Waals surface area contributed by atoms with Crippen molar-refractivity contribution in [3.8, 4) is 22.6 Å². The van der Waals surface area contributed by atoms with Crippen molar-refractivity contribution >= 4 is 23.2 Å². The minimum Gasteiger partial charge on any atom is -0.508 e. The van der Waals surface area contributed by atoms with Crippen LogP contribution >= 0.6 is 23.2 Å². The van der Waals surface area contributed by atoms with Gasteiger partial charge in [0.25, 0.3) is 0 Å². The van der Waals surface area contributed by atoms with Crippen molar-refractivity contribution in [2.24, 2.45) is 0 Å². The molecule has 0 amide bonds. The zero-order valence-corrected chi connectivity index (χ0v) is 10.6. The second-order valence-electron chi connectivity index (χ2n) is 3.54. The molecule has 0 heterocycles. The smallest absolute Gasteiger partial charge is 0.123 e. The number of methoxy groups -OCH3 is 1. The standard InChI is InChI=1S/C13H10Cl2O2/c1-17-11-5-8(4-10(16)7-11)12-3-2-9(14)6-13(12)15/h2-7,16H,1H3. The van der Waals surface area contributed by atoms with Crippen molar-refractivity contribution in [2.75, 3.05) is 7.11 Å². The van der Waals surface area contributed by atoms with Crippen LogP contribution in [0.25, 0.3) is 11.1 Å². The van der Waals surface area contributed by atoms with Crippen LogP contribution in [0.1, 0.15) is 0 Å². The molecule has 0 aliphatic rings. The molecule has 0 radical (unpaired) electrons. The summed E-state index contributed by atoms with van der Waals surface area (Å²) in [6, 6.07) is 10.2. The van der Waals surface area contributed by atoms with Crippen LogP contribution in [0, 0.1) is 0 Å². The van der Waals surface area contributed by atoms with E-state index in [-0.39, 0.29) is 5.75 Å². The van der Waals surface area contributed by atoms with E-state index in [4.69, 9.17) is 27.9 Å². The maximum absolute atomic E-state index is 9.58. The molecule has 2 aromatic rings. The number of phenols is 1. The summed E-state index contributed by atoms with van der Waals surface area (Å²) in [7, 11) is 1.54. The van der Waals surface area contributed by atoms with Crippen LogP contribution in [0.2, 0.25) is 10.0 Å². The maximum atomic E-state index is 9.58. The zero-order valence-electron chi connectivity index (χ0n) is 9.08. The summed E-state index contributed by atoms with van der Waals surface area (Å²) in [5.74, 6) is 0.705. The number of ether oxygens (including phenoxy) is 1. The minimum atomic E-state index is 0.130. The molecule has 2 aromatic carbocycles. The molecule has 0 aromatic heterocycles. The fourth-order valence-corrected chi connectivity index (χ4v) is 2.10. The fourth-order valence-electron chi connectivity index (χ4n) is 1.58. The van der Waals surface area contributed by atoms with Crippen molar-refractivity contribution in [3.63, 3.8) is 0 Å². The molecule has 0 fully saturated rings. The van der Waals surface area contributed by atoms with Gasteiger partial charge in [-0.25, -0.2) is 0 Å². The highest BCUT2D eigenvalue weighted by Gasteiger charge is 2.07. The first-order chi connectivity index (χ1) is 8.10. The van der Waals surface area contributed by atoms with Gasteiger partial charge in [-0.2, -0.15) is 0 Å². The molecular formula is C13H10Cl2O2. The third-order valence-corrected chi connectivity index (χ3v) is 2.92. The second-order valence-corrected chi connectivity index (χ2v) is 4.39. The molecule has 4 heteroatoms. The molecule has 0 atom stereocenters. The van der Waals surface area contributed by atoms with Gasteiger partial charge >= 0.3 is 0 Å². The van der Waals surface area contributed by atoms with Gasteiger partial charge < -0.3 is 9.84 Å². The van der Waals surface area contributed by atoms with E-state index < -0.39 is 0 Å². The zero-order chi connectivity index (χ0) is 12.4. The monoisotopic (exact) mass is 268 g/mol. The molecule has 0 spiro atoms. The van der Waals surface area contributed by atoms with Gasteiger partial charge in [0.15, 0.2) is 0 Å². The van der Waals surface area contributed by atoms with E-state index in [1.54, 1.807) is 37.4 Å². The predicted molar refractivity (Wildman–Crippen MR) is 70.1 cm³/mol. The quantitative estimate of drug-likeness (QED) is 0.876. The number of phenolic OH excluding ortho intramolecular Hbond substituents is 1. The molecule has 0 unspecified atom stereocenters. The Labute approximate surface area is 109 Å². The molecule has 0 bridgehead atoms. The van der Waals surface area contributed by atoms with Gasteiger partial charge in [-0.3, -0.25) is 0 Å². The van der Waals surface area contributed by atoms with Crippen LogP contribution in [0.5, 0.6) is 11.5 Å². The Bertz CT molecular complexity index is 553. The first-order valence-corrected chi connectivity index (χ1v) is 5.69. The molecule has 88 valence electrons. The van der Waals surface area contributed by atoms with Crippen LogP contribution in [0.4, 0.5) is 0 Å². The normalized spacial score (nSPS) is 10.3. The van der Waals surface area contributed by atoms with Crippen molar-refractivity contribution in [1.82, 2.24) is 0 Å². The molecule has 0 saturated carbocycles. The lowest BCUT2D eigenvalue weighted by Crippen LogP contribution is -1.85. The van der Waals surface area contributed by atoms with Crippen molar-refractivity contribution in [2.45, 2.75) is 0 Å². The highest BCUT2D eigenvalue weighted by atomic mass is 35.5. The van der Waals surface area contributed by atoms with E-state index in [0.29, 0.717) is 15.8 Å². The Morgan fingerprint density at radius 2 is 1.82 bits per heavy atom. The van der Waals surface area contributed by atoms with Gasteiger partial charge in [-0.05, 0) is 29.8 Å².